The zero-order valence-corrected chi connectivity index (χ0v) is 11.0. The van der Waals surface area contributed by atoms with Gasteiger partial charge in [0.05, 0.1) is 13.0 Å². The van der Waals surface area contributed by atoms with Crippen molar-refractivity contribution in [1.29, 1.82) is 0 Å². The molecule has 2 atom stereocenters. The molecule has 0 unspecified atom stereocenters. The van der Waals surface area contributed by atoms with E-state index in [-0.39, 0.29) is 24.4 Å². The summed E-state index contributed by atoms with van der Waals surface area (Å²) in [5.74, 6) is 0.378. The summed E-state index contributed by atoms with van der Waals surface area (Å²) in [6.07, 6.45) is 0.857. The number of benzene rings is 1. The van der Waals surface area contributed by atoms with Crippen molar-refractivity contribution in [3.8, 4) is 5.75 Å². The van der Waals surface area contributed by atoms with E-state index in [1.807, 2.05) is 6.92 Å². The molecule has 1 saturated carbocycles. The molecule has 0 saturated heterocycles. The topological polar surface area (TPSA) is 64.6 Å². The van der Waals surface area contributed by atoms with Crippen LogP contribution in [0.1, 0.15) is 13.3 Å². The van der Waals surface area contributed by atoms with Crippen molar-refractivity contribution in [3.63, 3.8) is 0 Å². The van der Waals surface area contributed by atoms with Crippen LogP contribution in [0.15, 0.2) is 24.3 Å². The minimum atomic E-state index is -0.352. The van der Waals surface area contributed by atoms with Gasteiger partial charge in [0.15, 0.2) is 6.61 Å². The van der Waals surface area contributed by atoms with E-state index >= 15 is 0 Å². The third-order valence-corrected chi connectivity index (χ3v) is 3.11. The molecule has 1 aromatic rings. The van der Waals surface area contributed by atoms with Crippen LogP contribution in [0, 0.1) is 11.8 Å². The highest BCUT2D eigenvalue weighted by Crippen LogP contribution is 2.38. The number of methoxy groups -OCH3 is 1. The minimum Gasteiger partial charge on any atom is -0.497 e. The molecule has 0 heterocycles. The van der Waals surface area contributed by atoms with Crippen LogP contribution in [0.2, 0.25) is 0 Å². The molecule has 1 aliphatic carbocycles. The molecule has 0 bridgehead atoms. The van der Waals surface area contributed by atoms with E-state index in [0.717, 1.165) is 6.42 Å². The third-order valence-electron chi connectivity index (χ3n) is 3.11. The van der Waals surface area contributed by atoms with Crippen molar-refractivity contribution in [2.24, 2.45) is 11.8 Å². The van der Waals surface area contributed by atoms with Gasteiger partial charge in [-0.1, -0.05) is 13.0 Å². The van der Waals surface area contributed by atoms with Crippen LogP contribution in [-0.2, 0) is 14.3 Å². The Morgan fingerprint density at radius 2 is 2.16 bits per heavy atom. The van der Waals surface area contributed by atoms with E-state index in [9.17, 15) is 9.59 Å². The molecule has 5 heteroatoms. The second-order valence-corrected chi connectivity index (χ2v) is 4.71. The molecule has 102 valence electrons. The van der Waals surface area contributed by atoms with Gasteiger partial charge in [0, 0.05) is 11.8 Å². The normalized spacial score (nSPS) is 20.5. The van der Waals surface area contributed by atoms with Crippen molar-refractivity contribution < 1.29 is 19.1 Å². The summed E-state index contributed by atoms with van der Waals surface area (Å²) in [6, 6.07) is 6.99. The van der Waals surface area contributed by atoms with Crippen molar-refractivity contribution >= 4 is 17.6 Å². The Kier molecular flexibility index (Phi) is 4.04. The van der Waals surface area contributed by atoms with Gasteiger partial charge in [-0.2, -0.15) is 0 Å². The first-order valence-electron chi connectivity index (χ1n) is 6.20. The molecule has 1 aliphatic rings. The molecule has 19 heavy (non-hydrogen) atoms. The Labute approximate surface area is 111 Å². The number of carbonyl (C=O) groups excluding carboxylic acids is 2. The highest BCUT2D eigenvalue weighted by molar-refractivity contribution is 5.93. The maximum atomic E-state index is 11.6. The lowest BCUT2D eigenvalue weighted by Gasteiger charge is -2.07. The molecule has 1 aromatic carbocycles. The van der Waals surface area contributed by atoms with E-state index in [4.69, 9.17) is 9.47 Å². The predicted octanol–water partition coefficient (Wildman–Crippen LogP) is 1.83. The summed E-state index contributed by atoms with van der Waals surface area (Å²) >= 11 is 0. The highest BCUT2D eigenvalue weighted by atomic mass is 16.5. The first kappa shape index (κ1) is 13.4. The SMILES string of the molecule is COc1cccc(NC(=O)COC(=O)[C@@H]2C[C@@H]2C)c1. The van der Waals surface area contributed by atoms with Crippen molar-refractivity contribution in [3.05, 3.63) is 24.3 Å². The fraction of sp³-hybridized carbons (Fsp3) is 0.429. The van der Waals surface area contributed by atoms with Crippen LogP contribution in [0.3, 0.4) is 0 Å². The van der Waals surface area contributed by atoms with E-state index in [2.05, 4.69) is 5.32 Å². The van der Waals surface area contributed by atoms with Crippen molar-refractivity contribution in [2.75, 3.05) is 19.0 Å². The molecule has 0 radical (unpaired) electrons. The average molecular weight is 263 g/mol. The monoisotopic (exact) mass is 263 g/mol. The number of ether oxygens (including phenoxy) is 2. The Bertz CT molecular complexity index is 486. The van der Waals surface area contributed by atoms with Crippen molar-refractivity contribution in [2.45, 2.75) is 13.3 Å². The van der Waals surface area contributed by atoms with Gasteiger partial charge in [-0.3, -0.25) is 9.59 Å². The number of hydrogen-bond donors (Lipinski definition) is 1. The maximum absolute atomic E-state index is 11.6. The molecule has 2 rings (SSSR count). The lowest BCUT2D eigenvalue weighted by molar-refractivity contribution is -0.148. The summed E-state index contributed by atoms with van der Waals surface area (Å²) in [5.41, 5.74) is 0.611. The number of nitrogens with one attached hydrogen (secondary N) is 1. The van der Waals surface area contributed by atoms with Crippen LogP contribution in [0.25, 0.3) is 0 Å². The number of carbonyl (C=O) groups is 2. The largest absolute Gasteiger partial charge is 0.497 e. The Morgan fingerprint density at radius 1 is 1.42 bits per heavy atom. The number of hydrogen-bond acceptors (Lipinski definition) is 4. The fourth-order valence-electron chi connectivity index (χ4n) is 1.79. The minimum absolute atomic E-state index is 0.0235. The predicted molar refractivity (Wildman–Crippen MR) is 69.9 cm³/mol. The summed E-state index contributed by atoms with van der Waals surface area (Å²) in [6.45, 7) is 1.74. The maximum Gasteiger partial charge on any atom is 0.309 e. The molecule has 0 spiro atoms. The van der Waals surface area contributed by atoms with Gasteiger partial charge >= 0.3 is 5.97 Å². The van der Waals surface area contributed by atoms with Gasteiger partial charge in [-0.15, -0.1) is 0 Å². The zero-order valence-electron chi connectivity index (χ0n) is 11.0. The number of esters is 1. The second-order valence-electron chi connectivity index (χ2n) is 4.71. The quantitative estimate of drug-likeness (QED) is 0.823. The van der Waals surface area contributed by atoms with Gasteiger partial charge in [0.1, 0.15) is 5.75 Å². The lowest BCUT2D eigenvalue weighted by atomic mass is 10.3. The summed E-state index contributed by atoms with van der Waals surface area (Å²) in [4.78, 5) is 23.1. The van der Waals surface area contributed by atoms with Crippen molar-refractivity contribution in [1.82, 2.24) is 0 Å². The van der Waals surface area contributed by atoms with Gasteiger partial charge in [0.2, 0.25) is 0 Å². The van der Waals surface area contributed by atoms with Crippen LogP contribution in [0.4, 0.5) is 5.69 Å². The van der Waals surface area contributed by atoms with Crippen LogP contribution >= 0.6 is 0 Å². The zero-order chi connectivity index (χ0) is 13.8. The third kappa shape index (κ3) is 3.71. The summed E-state index contributed by atoms with van der Waals surface area (Å²) in [5, 5.41) is 2.65. The number of amides is 1. The summed E-state index contributed by atoms with van der Waals surface area (Å²) in [7, 11) is 1.56. The fourth-order valence-corrected chi connectivity index (χ4v) is 1.79. The molecule has 0 aromatic heterocycles. The smallest absolute Gasteiger partial charge is 0.309 e. The number of anilines is 1. The molecule has 1 amide bonds. The highest BCUT2D eigenvalue weighted by Gasteiger charge is 2.40. The second kappa shape index (κ2) is 5.73. The van der Waals surface area contributed by atoms with E-state index < -0.39 is 0 Å². The van der Waals surface area contributed by atoms with Crippen LogP contribution in [-0.4, -0.2) is 25.6 Å². The Morgan fingerprint density at radius 3 is 2.79 bits per heavy atom. The molecule has 1 N–H and O–H groups in total. The number of rotatable bonds is 5. The average Bonchev–Trinajstić information content (AvgIpc) is 3.13. The van der Waals surface area contributed by atoms with Gasteiger partial charge in [-0.25, -0.2) is 0 Å². The van der Waals surface area contributed by atoms with Crippen LogP contribution in [0.5, 0.6) is 5.75 Å². The molecule has 5 nitrogen and oxygen atoms in total. The molecule has 1 fully saturated rings. The molecule has 0 aliphatic heterocycles. The molecular weight excluding hydrogens is 246 g/mol. The van der Waals surface area contributed by atoms with E-state index in [0.29, 0.717) is 17.4 Å². The molecular formula is C14H17NO4. The first-order chi connectivity index (χ1) is 9.10. The van der Waals surface area contributed by atoms with Gasteiger partial charge < -0.3 is 14.8 Å². The van der Waals surface area contributed by atoms with E-state index in [1.54, 1.807) is 31.4 Å². The lowest BCUT2D eigenvalue weighted by Crippen LogP contribution is -2.21. The standard InChI is InChI=1S/C14H17NO4/c1-9-6-12(9)14(17)19-8-13(16)15-10-4-3-5-11(7-10)18-2/h3-5,7,9,12H,6,8H2,1-2H3,(H,15,16)/t9-,12+/m0/s1. The van der Waals surface area contributed by atoms with E-state index in [1.165, 1.54) is 0 Å². The van der Waals surface area contributed by atoms with Gasteiger partial charge in [-0.05, 0) is 24.5 Å². The van der Waals surface area contributed by atoms with Crippen LogP contribution < -0.4 is 10.1 Å². The Hall–Kier alpha value is -2.04. The Balaban J connectivity index is 1.78. The summed E-state index contributed by atoms with van der Waals surface area (Å²) < 4.78 is 9.99. The first-order valence-corrected chi connectivity index (χ1v) is 6.20. The van der Waals surface area contributed by atoms with Gasteiger partial charge in [0.25, 0.3) is 5.91 Å².